The summed E-state index contributed by atoms with van der Waals surface area (Å²) in [6.07, 6.45) is 0.847. The van der Waals surface area contributed by atoms with Gasteiger partial charge in [-0.05, 0) is 37.6 Å². The number of aryl methyl sites for hydroxylation is 2. The molecule has 3 heteroatoms. The quantitative estimate of drug-likeness (QED) is 0.820. The highest BCUT2D eigenvalue weighted by molar-refractivity contribution is 5.45. The molecular weight excluding hydrogens is 212 g/mol. The highest BCUT2D eigenvalue weighted by Crippen LogP contribution is 2.26. The lowest BCUT2D eigenvalue weighted by atomic mass is 10.2. The Morgan fingerprint density at radius 2 is 2.06 bits per heavy atom. The van der Waals surface area contributed by atoms with Gasteiger partial charge in [-0.15, -0.1) is 0 Å². The molecule has 0 aliphatic rings. The average molecular weight is 228 g/mol. The summed E-state index contributed by atoms with van der Waals surface area (Å²) in [7, 11) is 0. The zero-order valence-electron chi connectivity index (χ0n) is 10.1. The van der Waals surface area contributed by atoms with Crippen molar-refractivity contribution in [1.29, 1.82) is 0 Å². The van der Waals surface area contributed by atoms with Crippen molar-refractivity contribution in [2.24, 2.45) is 0 Å². The van der Waals surface area contributed by atoms with Crippen LogP contribution in [0.25, 0.3) is 0 Å². The molecule has 0 saturated heterocycles. The van der Waals surface area contributed by atoms with Crippen LogP contribution in [0.3, 0.4) is 0 Å². The number of aromatic nitrogens is 1. The molecule has 2 N–H and O–H groups in total. The zero-order chi connectivity index (χ0) is 12.3. The van der Waals surface area contributed by atoms with Crippen molar-refractivity contribution >= 4 is 5.69 Å². The summed E-state index contributed by atoms with van der Waals surface area (Å²) in [5.74, 6) is 1.54. The first-order valence-corrected chi connectivity index (χ1v) is 5.69. The third-order valence-electron chi connectivity index (χ3n) is 2.49. The fourth-order valence-electron chi connectivity index (χ4n) is 1.65. The van der Waals surface area contributed by atoms with Gasteiger partial charge in [0.25, 0.3) is 0 Å². The van der Waals surface area contributed by atoms with Crippen LogP contribution in [0.1, 0.15) is 18.3 Å². The Morgan fingerprint density at radius 1 is 1.24 bits per heavy atom. The number of rotatable bonds is 3. The smallest absolute Gasteiger partial charge is 0.148 e. The Bertz CT molecular complexity index is 523. The maximum atomic E-state index is 5.79. The van der Waals surface area contributed by atoms with Gasteiger partial charge in [-0.1, -0.05) is 13.0 Å². The van der Waals surface area contributed by atoms with E-state index in [1.165, 1.54) is 0 Å². The molecule has 0 atom stereocenters. The van der Waals surface area contributed by atoms with E-state index in [0.717, 1.165) is 29.3 Å². The maximum Gasteiger partial charge on any atom is 0.148 e. The molecular formula is C14H16N2O. The van der Waals surface area contributed by atoms with Crippen molar-refractivity contribution in [2.75, 3.05) is 5.73 Å². The van der Waals surface area contributed by atoms with Crippen molar-refractivity contribution in [2.45, 2.75) is 20.3 Å². The molecule has 17 heavy (non-hydrogen) atoms. The molecule has 0 fully saturated rings. The van der Waals surface area contributed by atoms with Gasteiger partial charge in [0, 0.05) is 17.4 Å². The lowest BCUT2D eigenvalue weighted by Crippen LogP contribution is -1.96. The number of nitrogen functional groups attached to an aromatic ring is 1. The summed E-state index contributed by atoms with van der Waals surface area (Å²) in [6, 6.07) is 11.3. The molecule has 1 aromatic heterocycles. The van der Waals surface area contributed by atoms with Crippen LogP contribution < -0.4 is 10.5 Å². The Morgan fingerprint density at radius 3 is 2.76 bits per heavy atom. The van der Waals surface area contributed by atoms with Gasteiger partial charge in [0.2, 0.25) is 0 Å². The summed E-state index contributed by atoms with van der Waals surface area (Å²) in [5.41, 5.74) is 8.37. The highest BCUT2D eigenvalue weighted by atomic mass is 16.5. The number of anilines is 1. The number of nitrogens with two attached hydrogens (primary N) is 1. The molecule has 0 saturated carbocycles. The van der Waals surface area contributed by atoms with Crippen LogP contribution in [0.15, 0.2) is 36.4 Å². The van der Waals surface area contributed by atoms with Crippen LogP contribution in [0, 0.1) is 6.92 Å². The standard InChI is InChI=1S/C14H16N2O/c1-3-13-14(8-7-10(2)16-13)17-12-6-4-5-11(15)9-12/h4-9H,3,15H2,1-2H3. The maximum absolute atomic E-state index is 5.79. The van der Waals surface area contributed by atoms with E-state index in [4.69, 9.17) is 10.5 Å². The minimum absolute atomic E-state index is 0.695. The number of ether oxygens (including phenoxy) is 1. The van der Waals surface area contributed by atoms with E-state index < -0.39 is 0 Å². The van der Waals surface area contributed by atoms with Crippen molar-refractivity contribution in [3.63, 3.8) is 0 Å². The summed E-state index contributed by atoms with van der Waals surface area (Å²) >= 11 is 0. The third kappa shape index (κ3) is 2.75. The molecule has 2 aromatic rings. The Hall–Kier alpha value is -2.03. The Labute approximate surface area is 101 Å². The number of benzene rings is 1. The summed E-state index contributed by atoms with van der Waals surface area (Å²) in [6.45, 7) is 4.04. The van der Waals surface area contributed by atoms with E-state index in [1.807, 2.05) is 37.3 Å². The van der Waals surface area contributed by atoms with E-state index in [0.29, 0.717) is 5.69 Å². The topological polar surface area (TPSA) is 48.1 Å². The minimum atomic E-state index is 0.695. The van der Waals surface area contributed by atoms with Crippen LogP contribution in [0.4, 0.5) is 5.69 Å². The van der Waals surface area contributed by atoms with Gasteiger partial charge in [0.05, 0.1) is 5.69 Å². The van der Waals surface area contributed by atoms with Gasteiger partial charge in [-0.25, -0.2) is 0 Å². The molecule has 0 bridgehead atoms. The van der Waals surface area contributed by atoms with Crippen LogP contribution in [-0.2, 0) is 6.42 Å². The molecule has 1 aromatic carbocycles. The monoisotopic (exact) mass is 228 g/mol. The predicted octanol–water partition coefficient (Wildman–Crippen LogP) is 3.33. The molecule has 1 heterocycles. The molecule has 2 rings (SSSR count). The van der Waals surface area contributed by atoms with E-state index in [1.54, 1.807) is 6.07 Å². The molecule has 3 nitrogen and oxygen atoms in total. The molecule has 0 radical (unpaired) electrons. The highest BCUT2D eigenvalue weighted by Gasteiger charge is 2.05. The fourth-order valence-corrected chi connectivity index (χ4v) is 1.65. The van der Waals surface area contributed by atoms with Crippen LogP contribution >= 0.6 is 0 Å². The van der Waals surface area contributed by atoms with Gasteiger partial charge >= 0.3 is 0 Å². The van der Waals surface area contributed by atoms with E-state index in [2.05, 4.69) is 11.9 Å². The summed E-state index contributed by atoms with van der Waals surface area (Å²) < 4.78 is 5.79. The lowest BCUT2D eigenvalue weighted by Gasteiger charge is -2.10. The van der Waals surface area contributed by atoms with E-state index in [-0.39, 0.29) is 0 Å². The average Bonchev–Trinajstić information content (AvgIpc) is 2.31. The lowest BCUT2D eigenvalue weighted by molar-refractivity contribution is 0.473. The third-order valence-corrected chi connectivity index (χ3v) is 2.49. The van der Waals surface area contributed by atoms with Crippen molar-refractivity contribution in [3.8, 4) is 11.5 Å². The van der Waals surface area contributed by atoms with Gasteiger partial charge < -0.3 is 10.5 Å². The molecule has 0 aliphatic heterocycles. The number of hydrogen-bond acceptors (Lipinski definition) is 3. The van der Waals surface area contributed by atoms with Crippen LogP contribution in [-0.4, -0.2) is 4.98 Å². The van der Waals surface area contributed by atoms with Crippen LogP contribution in [0.5, 0.6) is 11.5 Å². The fraction of sp³-hybridized carbons (Fsp3) is 0.214. The normalized spacial score (nSPS) is 10.2. The van der Waals surface area contributed by atoms with Gasteiger partial charge in [0.1, 0.15) is 11.5 Å². The van der Waals surface area contributed by atoms with Crippen LogP contribution in [0.2, 0.25) is 0 Å². The molecule has 88 valence electrons. The largest absolute Gasteiger partial charge is 0.455 e. The minimum Gasteiger partial charge on any atom is -0.455 e. The first kappa shape index (κ1) is 11.5. The van der Waals surface area contributed by atoms with Crippen molar-refractivity contribution in [1.82, 2.24) is 4.98 Å². The Kier molecular flexibility index (Phi) is 3.28. The second kappa shape index (κ2) is 4.87. The summed E-state index contributed by atoms with van der Waals surface area (Å²) in [4.78, 5) is 4.45. The van der Waals surface area contributed by atoms with Gasteiger partial charge in [-0.3, -0.25) is 4.98 Å². The van der Waals surface area contributed by atoms with Crippen molar-refractivity contribution < 1.29 is 4.74 Å². The van der Waals surface area contributed by atoms with Gasteiger partial charge in [0.15, 0.2) is 0 Å². The molecule has 0 spiro atoms. The number of nitrogens with zero attached hydrogens (tertiary/aromatic N) is 1. The second-order valence-corrected chi connectivity index (χ2v) is 3.93. The summed E-state index contributed by atoms with van der Waals surface area (Å²) in [5, 5.41) is 0. The van der Waals surface area contributed by atoms with Crippen molar-refractivity contribution in [3.05, 3.63) is 47.8 Å². The first-order chi connectivity index (χ1) is 8.19. The molecule has 0 unspecified atom stereocenters. The predicted molar refractivity (Wildman–Crippen MR) is 69.3 cm³/mol. The second-order valence-electron chi connectivity index (χ2n) is 3.93. The van der Waals surface area contributed by atoms with E-state index in [9.17, 15) is 0 Å². The zero-order valence-corrected chi connectivity index (χ0v) is 10.1. The SMILES string of the molecule is CCc1nc(C)ccc1Oc1cccc(N)c1. The van der Waals surface area contributed by atoms with Gasteiger partial charge in [-0.2, -0.15) is 0 Å². The Balaban J connectivity index is 2.29. The molecule has 0 amide bonds. The number of pyridine rings is 1. The first-order valence-electron chi connectivity index (χ1n) is 5.69. The molecule has 0 aliphatic carbocycles. The number of hydrogen-bond donors (Lipinski definition) is 1. The van der Waals surface area contributed by atoms with E-state index >= 15 is 0 Å².